The highest BCUT2D eigenvalue weighted by Crippen LogP contribution is 2.30. The number of carbonyl (C=O) groups is 1. The zero-order chi connectivity index (χ0) is 21.0. The van der Waals surface area contributed by atoms with Gasteiger partial charge in [-0.2, -0.15) is 4.31 Å². The number of anilines is 1. The molecule has 1 aliphatic heterocycles. The number of aromatic nitrogens is 2. The smallest absolute Gasteiger partial charge is 0.262 e. The molecule has 9 nitrogen and oxygen atoms in total. The molecule has 10 heteroatoms. The van der Waals surface area contributed by atoms with E-state index in [1.54, 1.807) is 22.8 Å². The van der Waals surface area contributed by atoms with Gasteiger partial charge in [0.25, 0.3) is 10.0 Å². The summed E-state index contributed by atoms with van der Waals surface area (Å²) < 4.78 is 39.4. The van der Waals surface area contributed by atoms with E-state index in [1.165, 1.54) is 31.0 Å². The molecule has 0 aliphatic carbocycles. The van der Waals surface area contributed by atoms with E-state index in [1.807, 2.05) is 6.92 Å². The molecule has 1 fully saturated rings. The monoisotopic (exact) mass is 422 g/mol. The standard InChI is InChI=1S/C19H26N4O5S/c1-4-22-12-18(20-13-22)29(25,26)23-9-5-6-14(11-23)19(24)21-16-10-15(27-2)7-8-17(16)28-3/h7-8,10,12-14H,4-6,9,11H2,1-3H3,(H,21,24)/t14-/m1/s1. The number of nitrogens with one attached hydrogen (secondary N) is 1. The maximum atomic E-state index is 12.9. The summed E-state index contributed by atoms with van der Waals surface area (Å²) in [7, 11) is -0.683. The minimum atomic E-state index is -3.74. The van der Waals surface area contributed by atoms with Crippen molar-refractivity contribution in [3.63, 3.8) is 0 Å². The maximum absolute atomic E-state index is 12.9. The van der Waals surface area contributed by atoms with Crippen molar-refractivity contribution in [1.82, 2.24) is 13.9 Å². The van der Waals surface area contributed by atoms with E-state index >= 15 is 0 Å². The zero-order valence-corrected chi connectivity index (χ0v) is 17.6. The predicted molar refractivity (Wildman–Crippen MR) is 108 cm³/mol. The minimum Gasteiger partial charge on any atom is -0.497 e. The molecular formula is C19H26N4O5S. The van der Waals surface area contributed by atoms with Crippen LogP contribution in [0.25, 0.3) is 0 Å². The van der Waals surface area contributed by atoms with Crippen molar-refractivity contribution < 1.29 is 22.7 Å². The molecule has 0 bridgehead atoms. The molecule has 1 saturated heterocycles. The van der Waals surface area contributed by atoms with Gasteiger partial charge in [-0.25, -0.2) is 13.4 Å². The molecule has 1 amide bonds. The van der Waals surface area contributed by atoms with Gasteiger partial charge in [0.2, 0.25) is 5.91 Å². The Hall–Kier alpha value is -2.59. The molecular weight excluding hydrogens is 396 g/mol. The van der Waals surface area contributed by atoms with E-state index in [9.17, 15) is 13.2 Å². The Kier molecular flexibility index (Phi) is 6.43. The summed E-state index contributed by atoms with van der Waals surface area (Å²) in [6.07, 6.45) is 4.21. The van der Waals surface area contributed by atoms with E-state index in [0.29, 0.717) is 43.1 Å². The molecule has 2 heterocycles. The van der Waals surface area contributed by atoms with Gasteiger partial charge in [-0.1, -0.05) is 0 Å². The lowest BCUT2D eigenvalue weighted by Gasteiger charge is -2.30. The number of aryl methyl sites for hydroxylation is 1. The number of rotatable bonds is 7. The second-order valence-corrected chi connectivity index (χ2v) is 8.68. The van der Waals surface area contributed by atoms with Crippen LogP contribution in [0.1, 0.15) is 19.8 Å². The van der Waals surface area contributed by atoms with Gasteiger partial charge in [-0.05, 0) is 31.9 Å². The lowest BCUT2D eigenvalue weighted by Crippen LogP contribution is -2.43. The van der Waals surface area contributed by atoms with Crippen LogP contribution in [0.2, 0.25) is 0 Å². The first-order valence-electron chi connectivity index (χ1n) is 9.43. The molecule has 1 aliphatic rings. The predicted octanol–water partition coefficient (Wildman–Crippen LogP) is 1.96. The summed E-state index contributed by atoms with van der Waals surface area (Å²) in [5, 5.41) is 2.85. The molecule has 1 N–H and O–H groups in total. The van der Waals surface area contributed by atoms with Gasteiger partial charge in [-0.3, -0.25) is 4.79 Å². The number of nitrogens with zero attached hydrogens (tertiary/aromatic N) is 3. The number of ether oxygens (including phenoxy) is 2. The van der Waals surface area contributed by atoms with Crippen molar-refractivity contribution in [1.29, 1.82) is 0 Å². The van der Waals surface area contributed by atoms with Crippen molar-refractivity contribution in [2.45, 2.75) is 31.3 Å². The third kappa shape index (κ3) is 4.54. The Morgan fingerprint density at radius 3 is 2.76 bits per heavy atom. The topological polar surface area (TPSA) is 103 Å². The van der Waals surface area contributed by atoms with Gasteiger partial charge in [0.05, 0.1) is 32.2 Å². The number of piperidine rings is 1. The molecule has 0 saturated carbocycles. The van der Waals surface area contributed by atoms with E-state index in [4.69, 9.17) is 9.47 Å². The van der Waals surface area contributed by atoms with Crippen molar-refractivity contribution in [2.75, 3.05) is 32.6 Å². The Balaban J connectivity index is 1.74. The first kappa shape index (κ1) is 21.1. The number of hydrogen-bond acceptors (Lipinski definition) is 6. The van der Waals surface area contributed by atoms with E-state index in [0.717, 1.165) is 0 Å². The highest BCUT2D eigenvalue weighted by Gasteiger charge is 2.34. The molecule has 3 rings (SSSR count). The highest BCUT2D eigenvalue weighted by molar-refractivity contribution is 7.89. The van der Waals surface area contributed by atoms with Crippen LogP contribution in [0.15, 0.2) is 35.7 Å². The van der Waals surface area contributed by atoms with Crippen LogP contribution in [0, 0.1) is 5.92 Å². The Bertz CT molecular complexity index is 973. The lowest BCUT2D eigenvalue weighted by atomic mass is 9.98. The second kappa shape index (κ2) is 8.83. The molecule has 1 aromatic heterocycles. The third-order valence-electron chi connectivity index (χ3n) is 5.00. The van der Waals surface area contributed by atoms with Gasteiger partial charge in [-0.15, -0.1) is 0 Å². The first-order chi connectivity index (χ1) is 13.9. The fourth-order valence-corrected chi connectivity index (χ4v) is 4.76. The normalized spacial score (nSPS) is 17.7. The number of methoxy groups -OCH3 is 2. The van der Waals surface area contributed by atoms with Crippen LogP contribution in [0.4, 0.5) is 5.69 Å². The van der Waals surface area contributed by atoms with Gasteiger partial charge in [0.1, 0.15) is 11.5 Å². The van der Waals surface area contributed by atoms with Gasteiger partial charge in [0, 0.05) is 31.9 Å². The van der Waals surface area contributed by atoms with Gasteiger partial charge >= 0.3 is 0 Å². The highest BCUT2D eigenvalue weighted by atomic mass is 32.2. The summed E-state index contributed by atoms with van der Waals surface area (Å²) in [4.78, 5) is 16.9. The van der Waals surface area contributed by atoms with Crippen molar-refractivity contribution in [3.8, 4) is 11.5 Å². The van der Waals surface area contributed by atoms with Crippen molar-refractivity contribution >= 4 is 21.6 Å². The first-order valence-corrected chi connectivity index (χ1v) is 10.9. The average Bonchev–Trinajstić information content (AvgIpc) is 3.24. The molecule has 0 radical (unpaired) electrons. The number of imidazole rings is 1. The van der Waals surface area contributed by atoms with E-state index in [2.05, 4.69) is 10.3 Å². The van der Waals surface area contributed by atoms with E-state index < -0.39 is 15.9 Å². The summed E-state index contributed by atoms with van der Waals surface area (Å²) in [5.41, 5.74) is 0.485. The fourth-order valence-electron chi connectivity index (χ4n) is 3.30. The fraction of sp³-hybridized carbons (Fsp3) is 0.474. The molecule has 0 unspecified atom stereocenters. The average molecular weight is 423 g/mol. The largest absolute Gasteiger partial charge is 0.497 e. The summed E-state index contributed by atoms with van der Waals surface area (Å²) in [5.74, 6) is 0.364. The summed E-state index contributed by atoms with van der Waals surface area (Å²) >= 11 is 0. The molecule has 158 valence electrons. The molecule has 0 spiro atoms. The molecule has 1 atom stereocenters. The van der Waals surface area contributed by atoms with Gasteiger partial charge < -0.3 is 19.4 Å². The van der Waals surface area contributed by atoms with Crippen molar-refractivity contribution in [3.05, 3.63) is 30.7 Å². The minimum absolute atomic E-state index is 0.00914. The molecule has 1 aromatic carbocycles. The van der Waals surface area contributed by atoms with Crippen LogP contribution in [-0.2, 0) is 21.4 Å². The molecule has 29 heavy (non-hydrogen) atoms. The lowest BCUT2D eigenvalue weighted by molar-refractivity contribution is -0.120. The zero-order valence-electron chi connectivity index (χ0n) is 16.8. The van der Waals surface area contributed by atoms with E-state index in [-0.39, 0.29) is 17.5 Å². The van der Waals surface area contributed by atoms with Crippen LogP contribution in [0.5, 0.6) is 11.5 Å². The molecule has 2 aromatic rings. The quantitative estimate of drug-likeness (QED) is 0.732. The van der Waals surface area contributed by atoms with Crippen LogP contribution in [-0.4, -0.2) is 55.5 Å². The SMILES string of the molecule is CCn1cnc(S(=O)(=O)N2CCC[C@@H](C(=O)Nc3cc(OC)ccc3OC)C2)c1. The number of amides is 1. The summed E-state index contributed by atoms with van der Waals surface area (Å²) in [6.45, 7) is 3.02. The maximum Gasteiger partial charge on any atom is 0.262 e. The Labute approximate surface area is 170 Å². The number of benzene rings is 1. The van der Waals surface area contributed by atoms with Gasteiger partial charge in [0.15, 0.2) is 5.03 Å². The number of carbonyl (C=O) groups excluding carboxylic acids is 1. The Morgan fingerprint density at radius 2 is 2.10 bits per heavy atom. The third-order valence-corrected chi connectivity index (χ3v) is 6.75. The van der Waals surface area contributed by atoms with Crippen molar-refractivity contribution in [2.24, 2.45) is 5.92 Å². The van der Waals surface area contributed by atoms with Crippen LogP contribution >= 0.6 is 0 Å². The Morgan fingerprint density at radius 1 is 1.31 bits per heavy atom. The van der Waals surface area contributed by atoms with Crippen LogP contribution < -0.4 is 14.8 Å². The number of sulfonamides is 1. The second-order valence-electron chi connectivity index (χ2n) is 6.80. The van der Waals surface area contributed by atoms with Crippen LogP contribution in [0.3, 0.4) is 0 Å². The summed E-state index contributed by atoms with van der Waals surface area (Å²) in [6, 6.07) is 5.11. The number of hydrogen-bond donors (Lipinski definition) is 1.